The molecule has 3 rings (SSSR count). The van der Waals surface area contributed by atoms with Crippen LogP contribution in [0.3, 0.4) is 0 Å². The Morgan fingerprint density at radius 3 is 2.00 bits per heavy atom. The lowest BCUT2D eigenvalue weighted by Crippen LogP contribution is -2.06. The molecule has 29 heavy (non-hydrogen) atoms. The summed E-state index contributed by atoms with van der Waals surface area (Å²) in [5.41, 5.74) is 0.624. The lowest BCUT2D eigenvalue weighted by molar-refractivity contribution is 0.0497. The smallest absolute Gasteiger partial charge is 0.338 e. The zero-order chi connectivity index (χ0) is 20.2. The van der Waals surface area contributed by atoms with Crippen molar-refractivity contribution in [3.63, 3.8) is 0 Å². The minimum Gasteiger partial charge on any atom is -0.494 e. The number of unbranched alkanes of at least 4 members (excludes halogenated alkanes) is 6. The number of carbonyl (C=O) groups excluding carboxylic acids is 1. The molecule has 0 heterocycles. The van der Waals surface area contributed by atoms with Crippen LogP contribution >= 0.6 is 0 Å². The van der Waals surface area contributed by atoms with Gasteiger partial charge >= 0.3 is 5.97 Å². The number of carbonyl (C=O) groups is 1. The second-order valence-corrected chi connectivity index (χ2v) is 7.33. The first-order valence-electron chi connectivity index (χ1n) is 10.7. The molecule has 0 radical (unpaired) electrons. The maximum Gasteiger partial charge on any atom is 0.338 e. The van der Waals surface area contributed by atoms with Crippen molar-refractivity contribution in [2.75, 3.05) is 13.2 Å². The Morgan fingerprint density at radius 1 is 0.621 bits per heavy atom. The molecule has 0 fully saturated rings. The van der Waals surface area contributed by atoms with Crippen molar-refractivity contribution >= 4 is 16.7 Å². The van der Waals surface area contributed by atoms with Gasteiger partial charge in [0.1, 0.15) is 5.75 Å². The summed E-state index contributed by atoms with van der Waals surface area (Å²) in [4.78, 5) is 11.8. The monoisotopic (exact) mass is 390 g/mol. The number of hydrogen-bond acceptors (Lipinski definition) is 3. The van der Waals surface area contributed by atoms with Gasteiger partial charge in [-0.05, 0) is 47.9 Å². The van der Waals surface area contributed by atoms with Gasteiger partial charge in [0.2, 0.25) is 0 Å². The van der Waals surface area contributed by atoms with E-state index < -0.39 is 0 Å². The second kappa shape index (κ2) is 11.9. The van der Waals surface area contributed by atoms with E-state index in [1.165, 1.54) is 36.5 Å². The molecule has 0 unspecified atom stereocenters. The average Bonchev–Trinajstić information content (AvgIpc) is 2.77. The van der Waals surface area contributed by atoms with E-state index in [9.17, 15) is 4.79 Å². The Bertz CT molecular complexity index is 873. The van der Waals surface area contributed by atoms with Gasteiger partial charge < -0.3 is 9.47 Å². The summed E-state index contributed by atoms with van der Waals surface area (Å²) in [6.07, 6.45) is 7.96. The van der Waals surface area contributed by atoms with E-state index in [2.05, 4.69) is 36.4 Å². The van der Waals surface area contributed by atoms with Crippen LogP contribution in [-0.2, 0) is 4.74 Å². The summed E-state index contributed by atoms with van der Waals surface area (Å²) in [7, 11) is 0. The maximum atomic E-state index is 11.8. The van der Waals surface area contributed by atoms with Crippen LogP contribution in [0.25, 0.3) is 10.8 Å². The quantitative estimate of drug-likeness (QED) is 0.252. The summed E-state index contributed by atoms with van der Waals surface area (Å²) in [6.45, 7) is 1.28. The van der Waals surface area contributed by atoms with E-state index in [0.717, 1.165) is 31.6 Å². The van der Waals surface area contributed by atoms with Crippen molar-refractivity contribution in [1.82, 2.24) is 0 Å². The minimum absolute atomic E-state index is 0.225. The molecule has 3 nitrogen and oxygen atoms in total. The summed E-state index contributed by atoms with van der Waals surface area (Å²) >= 11 is 0. The summed E-state index contributed by atoms with van der Waals surface area (Å²) in [5.74, 6) is 0.728. The molecule has 3 aromatic rings. The van der Waals surface area contributed by atoms with Crippen LogP contribution in [0.5, 0.6) is 5.75 Å². The lowest BCUT2D eigenvalue weighted by Gasteiger charge is -2.07. The van der Waals surface area contributed by atoms with E-state index in [4.69, 9.17) is 9.47 Å². The molecule has 0 spiro atoms. The Hall–Kier alpha value is -2.81. The third kappa shape index (κ3) is 7.26. The third-order valence-corrected chi connectivity index (χ3v) is 5.02. The SMILES string of the molecule is O=C(OCCCCCCCCCOc1ccc2ccccc2c1)c1ccccc1. The minimum atomic E-state index is -0.225. The van der Waals surface area contributed by atoms with Gasteiger partial charge in [0, 0.05) is 0 Å². The van der Waals surface area contributed by atoms with Crippen LogP contribution in [0.2, 0.25) is 0 Å². The van der Waals surface area contributed by atoms with Crippen molar-refractivity contribution in [2.45, 2.75) is 44.9 Å². The van der Waals surface area contributed by atoms with E-state index in [-0.39, 0.29) is 5.97 Å². The molecule has 0 N–H and O–H groups in total. The van der Waals surface area contributed by atoms with Gasteiger partial charge in [0.05, 0.1) is 18.8 Å². The van der Waals surface area contributed by atoms with Gasteiger partial charge in [-0.15, -0.1) is 0 Å². The van der Waals surface area contributed by atoms with Crippen LogP contribution in [-0.4, -0.2) is 19.2 Å². The van der Waals surface area contributed by atoms with Crippen molar-refractivity contribution in [3.05, 3.63) is 78.4 Å². The number of esters is 1. The Balaban J connectivity index is 1.16. The zero-order valence-electron chi connectivity index (χ0n) is 17.0. The van der Waals surface area contributed by atoms with Crippen molar-refractivity contribution in [1.29, 1.82) is 0 Å². The van der Waals surface area contributed by atoms with E-state index >= 15 is 0 Å². The maximum absolute atomic E-state index is 11.8. The number of rotatable bonds is 12. The molecule has 0 aromatic heterocycles. The van der Waals surface area contributed by atoms with Crippen molar-refractivity contribution in [2.24, 2.45) is 0 Å². The zero-order valence-corrected chi connectivity index (χ0v) is 17.0. The first kappa shape index (κ1) is 20.9. The highest BCUT2D eigenvalue weighted by Crippen LogP contribution is 2.20. The molecule has 0 saturated heterocycles. The highest BCUT2D eigenvalue weighted by atomic mass is 16.5. The number of ether oxygens (including phenoxy) is 2. The van der Waals surface area contributed by atoms with Crippen LogP contribution in [0, 0.1) is 0 Å². The van der Waals surface area contributed by atoms with E-state index in [1.807, 2.05) is 24.3 Å². The number of hydrogen-bond donors (Lipinski definition) is 0. The highest BCUT2D eigenvalue weighted by Gasteiger charge is 2.04. The van der Waals surface area contributed by atoms with E-state index in [0.29, 0.717) is 12.2 Å². The molecular formula is C26H30O3. The molecule has 0 aliphatic rings. The molecule has 0 bridgehead atoms. The van der Waals surface area contributed by atoms with Gasteiger partial charge in [0.15, 0.2) is 0 Å². The Labute approximate surface area is 173 Å². The standard InChI is InChI=1S/C26H30O3/c27-26(23-14-7-6-8-15-23)29-20-12-5-3-1-2-4-11-19-28-25-18-17-22-13-9-10-16-24(22)21-25/h6-10,13-18,21H,1-5,11-12,19-20H2. The summed E-state index contributed by atoms with van der Waals surface area (Å²) in [6, 6.07) is 23.8. The van der Waals surface area contributed by atoms with Gasteiger partial charge in [-0.25, -0.2) is 4.79 Å². The fourth-order valence-corrected chi connectivity index (χ4v) is 3.36. The molecule has 152 valence electrons. The predicted octanol–water partition coefficient (Wildman–Crippen LogP) is 6.81. The van der Waals surface area contributed by atoms with E-state index in [1.54, 1.807) is 12.1 Å². The van der Waals surface area contributed by atoms with Crippen LogP contribution in [0.1, 0.15) is 55.3 Å². The number of benzene rings is 3. The molecule has 3 aromatic carbocycles. The van der Waals surface area contributed by atoms with Crippen molar-refractivity contribution < 1.29 is 14.3 Å². The molecule has 0 amide bonds. The average molecular weight is 391 g/mol. The fraction of sp³-hybridized carbons (Fsp3) is 0.346. The second-order valence-electron chi connectivity index (χ2n) is 7.33. The Kier molecular flexibility index (Phi) is 8.58. The first-order chi connectivity index (χ1) is 14.3. The summed E-state index contributed by atoms with van der Waals surface area (Å²) in [5, 5.41) is 2.47. The molecular weight excluding hydrogens is 360 g/mol. The van der Waals surface area contributed by atoms with Gasteiger partial charge in [0.25, 0.3) is 0 Å². The Morgan fingerprint density at radius 2 is 1.24 bits per heavy atom. The van der Waals surface area contributed by atoms with Crippen LogP contribution < -0.4 is 4.74 Å². The topological polar surface area (TPSA) is 35.5 Å². The molecule has 0 atom stereocenters. The van der Waals surface area contributed by atoms with Crippen LogP contribution in [0.4, 0.5) is 0 Å². The predicted molar refractivity (Wildman–Crippen MR) is 118 cm³/mol. The fourth-order valence-electron chi connectivity index (χ4n) is 3.36. The molecule has 3 heteroatoms. The highest BCUT2D eigenvalue weighted by molar-refractivity contribution is 5.89. The normalized spacial score (nSPS) is 10.8. The van der Waals surface area contributed by atoms with Crippen LogP contribution in [0.15, 0.2) is 72.8 Å². The van der Waals surface area contributed by atoms with Crippen molar-refractivity contribution in [3.8, 4) is 5.75 Å². The van der Waals surface area contributed by atoms with Gasteiger partial charge in [-0.2, -0.15) is 0 Å². The summed E-state index contributed by atoms with van der Waals surface area (Å²) < 4.78 is 11.2. The third-order valence-electron chi connectivity index (χ3n) is 5.02. The first-order valence-corrected chi connectivity index (χ1v) is 10.7. The van der Waals surface area contributed by atoms with Gasteiger partial charge in [-0.1, -0.05) is 80.6 Å². The molecule has 0 aliphatic heterocycles. The van der Waals surface area contributed by atoms with Gasteiger partial charge in [-0.3, -0.25) is 0 Å². The lowest BCUT2D eigenvalue weighted by atomic mass is 10.1. The molecule has 0 aliphatic carbocycles. The number of fused-ring (bicyclic) bond motifs is 1. The molecule has 0 saturated carbocycles. The largest absolute Gasteiger partial charge is 0.494 e.